The fourth-order valence-electron chi connectivity index (χ4n) is 5.62. The Balaban J connectivity index is 1.11. The molecule has 0 unspecified atom stereocenters. The van der Waals surface area contributed by atoms with Crippen LogP contribution in [0.2, 0.25) is 0 Å². The lowest BCUT2D eigenvalue weighted by Crippen LogP contribution is -2.49. The topological polar surface area (TPSA) is 58.9 Å². The molecule has 1 aromatic carbocycles. The maximum atomic E-state index is 13.0. The highest BCUT2D eigenvalue weighted by molar-refractivity contribution is 7.17. The Morgan fingerprint density at radius 2 is 1.91 bits per heavy atom. The van der Waals surface area contributed by atoms with Gasteiger partial charge < -0.3 is 15.0 Å². The van der Waals surface area contributed by atoms with E-state index in [1.54, 1.807) is 23.5 Å². The Morgan fingerprint density at radius 1 is 1.23 bits per heavy atom. The van der Waals surface area contributed by atoms with Crippen LogP contribution in [0.25, 0.3) is 4.96 Å². The number of thiazole rings is 1. The second-order valence-electron chi connectivity index (χ2n) is 9.77. The number of hydrogen-bond acceptors (Lipinski definition) is 5. The van der Waals surface area contributed by atoms with Crippen molar-refractivity contribution >= 4 is 27.9 Å². The summed E-state index contributed by atoms with van der Waals surface area (Å²) >= 11 is 1.59. The van der Waals surface area contributed by atoms with Crippen molar-refractivity contribution in [2.24, 2.45) is 11.3 Å². The number of halogens is 3. The number of aromatic nitrogens is 2. The van der Waals surface area contributed by atoms with Gasteiger partial charge >= 0.3 is 6.36 Å². The predicted octanol–water partition coefficient (Wildman–Crippen LogP) is 5.59. The first-order valence-corrected chi connectivity index (χ1v) is 12.8. The molecule has 0 radical (unpaired) electrons. The molecular formula is C25H29F3N4O2S. The second-order valence-corrected chi connectivity index (χ2v) is 11.0. The van der Waals surface area contributed by atoms with Crippen LogP contribution in [0.4, 0.5) is 18.9 Å². The van der Waals surface area contributed by atoms with Crippen molar-refractivity contribution in [1.82, 2.24) is 14.7 Å². The molecule has 1 N–H and O–H groups in total. The van der Waals surface area contributed by atoms with Gasteiger partial charge in [0.05, 0.1) is 5.69 Å². The Hall–Kier alpha value is -2.75. The highest BCUT2D eigenvalue weighted by Gasteiger charge is 2.45. The maximum absolute atomic E-state index is 13.0. The van der Waals surface area contributed by atoms with E-state index in [4.69, 9.17) is 0 Å². The van der Waals surface area contributed by atoms with Crippen molar-refractivity contribution in [2.75, 3.05) is 24.5 Å². The number of ether oxygens (including phenoxy) is 1. The zero-order valence-corrected chi connectivity index (χ0v) is 20.6. The van der Waals surface area contributed by atoms with Gasteiger partial charge in [-0.15, -0.1) is 24.5 Å². The number of aryl methyl sites for hydroxylation is 2. The van der Waals surface area contributed by atoms with Gasteiger partial charge in [0.1, 0.15) is 11.4 Å². The third-order valence-corrected chi connectivity index (χ3v) is 8.22. The van der Waals surface area contributed by atoms with E-state index in [9.17, 15) is 18.0 Å². The normalized spacial score (nSPS) is 18.1. The lowest BCUT2D eigenvalue weighted by Gasteiger charge is -2.52. The Kier molecular flexibility index (Phi) is 6.19. The summed E-state index contributed by atoms with van der Waals surface area (Å²) in [6.07, 6.45) is 2.32. The molecule has 6 nitrogen and oxygen atoms in total. The Labute approximate surface area is 206 Å². The van der Waals surface area contributed by atoms with E-state index in [1.165, 1.54) is 12.1 Å². The van der Waals surface area contributed by atoms with Crippen LogP contribution < -0.4 is 15.0 Å². The molecule has 2 fully saturated rings. The van der Waals surface area contributed by atoms with Crippen LogP contribution in [0.5, 0.6) is 5.75 Å². The van der Waals surface area contributed by atoms with E-state index in [0.717, 1.165) is 66.4 Å². The first-order valence-electron chi connectivity index (χ1n) is 12.0. The zero-order valence-electron chi connectivity index (χ0n) is 19.8. The van der Waals surface area contributed by atoms with Gasteiger partial charge in [0.2, 0.25) is 0 Å². The molecular weight excluding hydrogens is 477 g/mol. The number of anilines is 1. The van der Waals surface area contributed by atoms with E-state index < -0.39 is 6.36 Å². The summed E-state index contributed by atoms with van der Waals surface area (Å²) in [6, 6.07) is 6.10. The molecule has 3 aromatic rings. The van der Waals surface area contributed by atoms with Crippen molar-refractivity contribution in [1.29, 1.82) is 0 Å². The fourth-order valence-corrected chi connectivity index (χ4v) is 6.47. The van der Waals surface area contributed by atoms with Crippen molar-refractivity contribution in [2.45, 2.75) is 52.3 Å². The van der Waals surface area contributed by atoms with Crippen LogP contribution >= 0.6 is 11.3 Å². The number of benzene rings is 1. The number of hydrogen-bond donors (Lipinski definition) is 1. The third-order valence-electron chi connectivity index (χ3n) is 7.32. The molecule has 35 heavy (non-hydrogen) atoms. The lowest BCUT2D eigenvalue weighted by atomic mass is 9.57. The number of amides is 1. The summed E-state index contributed by atoms with van der Waals surface area (Å²) in [6.45, 7) is 6.46. The average Bonchev–Trinajstić information content (AvgIpc) is 3.31. The third kappa shape index (κ3) is 4.98. The van der Waals surface area contributed by atoms with Crippen LogP contribution in [-0.2, 0) is 6.42 Å². The van der Waals surface area contributed by atoms with E-state index in [-0.39, 0.29) is 11.7 Å². The smallest absolute Gasteiger partial charge is 0.406 e. The van der Waals surface area contributed by atoms with Crippen LogP contribution in [0.1, 0.15) is 53.7 Å². The number of nitrogens with one attached hydrogen (secondary N) is 1. The minimum absolute atomic E-state index is 0.0548. The summed E-state index contributed by atoms with van der Waals surface area (Å²) in [7, 11) is 0. The van der Waals surface area contributed by atoms with Gasteiger partial charge in [-0.3, -0.25) is 9.20 Å². The SMILES string of the molecule is CCc1nc2sc(C)cn2c1C(=O)NCC1CC2(CCN(c3ccc(OC(F)(F)F)cc3)CC2)C1. The number of fused-ring (bicyclic) bond motifs is 1. The second kappa shape index (κ2) is 9.04. The molecule has 1 aliphatic carbocycles. The van der Waals surface area contributed by atoms with Crippen molar-refractivity contribution < 1.29 is 22.7 Å². The number of rotatable bonds is 6. The molecule has 2 aromatic heterocycles. The summed E-state index contributed by atoms with van der Waals surface area (Å²) in [5, 5.41) is 3.14. The minimum atomic E-state index is -4.67. The molecule has 10 heteroatoms. The first-order chi connectivity index (χ1) is 16.6. The van der Waals surface area contributed by atoms with Crippen LogP contribution in [0, 0.1) is 18.3 Å². The van der Waals surface area contributed by atoms with Crippen LogP contribution in [0.15, 0.2) is 30.5 Å². The molecule has 5 rings (SSSR count). The molecule has 3 heterocycles. The number of nitrogens with zero attached hydrogens (tertiary/aromatic N) is 3. The molecule has 1 saturated carbocycles. The summed E-state index contributed by atoms with van der Waals surface area (Å²) < 4.78 is 43.0. The first kappa shape index (κ1) is 24.0. The van der Waals surface area contributed by atoms with Crippen molar-refractivity contribution in [3.8, 4) is 5.75 Å². The van der Waals surface area contributed by atoms with Crippen molar-refractivity contribution in [3.63, 3.8) is 0 Å². The predicted molar refractivity (Wildman–Crippen MR) is 129 cm³/mol. The molecule has 0 bridgehead atoms. The van der Waals surface area contributed by atoms with Gasteiger partial charge in [-0.2, -0.15) is 0 Å². The highest BCUT2D eigenvalue weighted by atomic mass is 32.1. The standard InChI is InChI=1S/C25H29F3N4O2S/c1-3-20-21(32-15-16(2)35-23(32)30-20)22(33)29-14-17-12-24(13-17)8-10-31(11-9-24)18-4-6-19(7-5-18)34-25(26,27)28/h4-7,15,17H,3,8-14H2,1-2H3,(H,29,33). The van der Waals surface area contributed by atoms with Crippen LogP contribution in [0.3, 0.4) is 0 Å². The fraction of sp³-hybridized carbons (Fsp3) is 0.520. The van der Waals surface area contributed by atoms with E-state index in [0.29, 0.717) is 23.6 Å². The summed E-state index contributed by atoms with van der Waals surface area (Å²) in [4.78, 5) is 21.8. The average molecular weight is 507 g/mol. The summed E-state index contributed by atoms with van der Waals surface area (Å²) in [5.74, 6) is 0.221. The lowest BCUT2D eigenvalue weighted by molar-refractivity contribution is -0.274. The van der Waals surface area contributed by atoms with Gasteiger partial charge in [0.25, 0.3) is 5.91 Å². The molecule has 1 saturated heterocycles. The van der Waals surface area contributed by atoms with E-state index in [1.807, 2.05) is 24.4 Å². The summed E-state index contributed by atoms with van der Waals surface area (Å²) in [5.41, 5.74) is 2.72. The molecule has 1 amide bonds. The number of carbonyl (C=O) groups is 1. The van der Waals surface area contributed by atoms with E-state index >= 15 is 0 Å². The zero-order chi connectivity index (χ0) is 24.8. The Morgan fingerprint density at radius 3 is 2.54 bits per heavy atom. The Bertz CT molecular complexity index is 1200. The van der Waals surface area contributed by atoms with Crippen molar-refractivity contribution in [3.05, 3.63) is 46.7 Å². The number of imidazole rings is 1. The largest absolute Gasteiger partial charge is 0.573 e. The van der Waals surface area contributed by atoms with Gasteiger partial charge in [-0.1, -0.05) is 6.92 Å². The van der Waals surface area contributed by atoms with Gasteiger partial charge in [0.15, 0.2) is 4.96 Å². The minimum Gasteiger partial charge on any atom is -0.406 e. The number of carbonyl (C=O) groups excluding carboxylic acids is 1. The maximum Gasteiger partial charge on any atom is 0.573 e. The van der Waals surface area contributed by atoms with Gasteiger partial charge in [-0.25, -0.2) is 4.98 Å². The van der Waals surface area contributed by atoms with Crippen LogP contribution in [-0.4, -0.2) is 41.3 Å². The van der Waals surface area contributed by atoms with E-state index in [2.05, 4.69) is 19.9 Å². The molecule has 188 valence electrons. The molecule has 2 aliphatic rings. The monoisotopic (exact) mass is 506 g/mol. The molecule has 1 aliphatic heterocycles. The molecule has 1 spiro atoms. The highest BCUT2D eigenvalue weighted by Crippen LogP contribution is 2.52. The van der Waals surface area contributed by atoms with Gasteiger partial charge in [0, 0.05) is 36.4 Å². The number of piperidine rings is 1. The van der Waals surface area contributed by atoms with Gasteiger partial charge in [-0.05, 0) is 74.6 Å². The quantitative estimate of drug-likeness (QED) is 0.474. The number of alkyl halides is 3. The molecule has 0 atom stereocenters.